The second-order valence-electron chi connectivity index (χ2n) is 10.8. The Morgan fingerprint density at radius 1 is 0.970 bits per heavy atom. The molecule has 1 N–H and O–H groups in total. The monoisotopic (exact) mass is 447 g/mol. The molecular weight excluding hydrogens is 414 g/mol. The first-order valence-electron chi connectivity index (χ1n) is 11.6. The number of carbonyl (C=O) groups excluding carboxylic acids is 3. The van der Waals surface area contributed by atoms with Gasteiger partial charge in [0.15, 0.2) is 0 Å². The molecule has 6 heteroatoms. The number of hydrogen-bond acceptors (Lipinski definition) is 3. The third-order valence-corrected chi connectivity index (χ3v) is 6.90. The molecule has 0 radical (unpaired) electrons. The van der Waals surface area contributed by atoms with Crippen LogP contribution in [0.25, 0.3) is 0 Å². The maximum Gasteiger partial charge on any atom is 0.324 e. The minimum atomic E-state index is -0.468. The highest BCUT2D eigenvalue weighted by atomic mass is 16.2. The van der Waals surface area contributed by atoms with Crippen molar-refractivity contribution in [3.05, 3.63) is 71.3 Å². The van der Waals surface area contributed by atoms with E-state index >= 15 is 0 Å². The molecule has 33 heavy (non-hydrogen) atoms. The maximum absolute atomic E-state index is 13.3. The van der Waals surface area contributed by atoms with Crippen molar-refractivity contribution >= 4 is 17.8 Å². The number of benzene rings is 2. The van der Waals surface area contributed by atoms with Gasteiger partial charge in [-0.05, 0) is 59.9 Å². The summed E-state index contributed by atoms with van der Waals surface area (Å²) in [6, 6.07) is 15.9. The number of nitrogens with one attached hydrogen (secondary N) is 1. The third kappa shape index (κ3) is 5.10. The van der Waals surface area contributed by atoms with Crippen LogP contribution in [0.15, 0.2) is 54.6 Å². The number of carbonyl (C=O) groups is 3. The van der Waals surface area contributed by atoms with Crippen LogP contribution in [0.3, 0.4) is 0 Å². The van der Waals surface area contributed by atoms with Gasteiger partial charge in [0, 0.05) is 37.3 Å². The van der Waals surface area contributed by atoms with E-state index in [1.165, 1.54) is 4.90 Å². The highest BCUT2D eigenvalue weighted by molar-refractivity contribution is 6.04. The molecule has 2 fully saturated rings. The summed E-state index contributed by atoms with van der Waals surface area (Å²) in [5.74, 6) is -0.339. The molecule has 2 atom stereocenters. The second-order valence-corrected chi connectivity index (χ2v) is 10.8. The molecule has 4 rings (SSSR count). The van der Waals surface area contributed by atoms with Crippen LogP contribution in [0, 0.1) is 10.8 Å². The lowest BCUT2D eigenvalue weighted by molar-refractivity contribution is 0.0707. The van der Waals surface area contributed by atoms with Gasteiger partial charge in [0.25, 0.3) is 11.8 Å². The fraction of sp³-hybridized carbons (Fsp3) is 0.444. The second kappa shape index (κ2) is 8.65. The smallest absolute Gasteiger partial charge is 0.324 e. The Kier molecular flexibility index (Phi) is 6.04. The van der Waals surface area contributed by atoms with E-state index in [0.717, 1.165) is 31.4 Å². The largest absolute Gasteiger partial charge is 0.335 e. The highest BCUT2D eigenvalue weighted by Gasteiger charge is 2.51. The first-order chi connectivity index (χ1) is 15.6. The van der Waals surface area contributed by atoms with Gasteiger partial charge in [0.1, 0.15) is 0 Å². The van der Waals surface area contributed by atoms with Crippen molar-refractivity contribution in [2.24, 2.45) is 10.8 Å². The topological polar surface area (TPSA) is 69.7 Å². The Morgan fingerprint density at radius 3 is 2.30 bits per heavy atom. The predicted octanol–water partition coefficient (Wildman–Crippen LogP) is 4.71. The quantitative estimate of drug-likeness (QED) is 0.738. The summed E-state index contributed by atoms with van der Waals surface area (Å²) < 4.78 is 0. The van der Waals surface area contributed by atoms with E-state index in [4.69, 9.17) is 0 Å². The number of fused-ring (bicyclic) bond motifs is 2. The van der Waals surface area contributed by atoms with Gasteiger partial charge in [-0.2, -0.15) is 0 Å². The van der Waals surface area contributed by atoms with Gasteiger partial charge in [0.05, 0.1) is 0 Å². The molecule has 0 spiro atoms. The number of hydrogen-bond donors (Lipinski definition) is 1. The van der Waals surface area contributed by atoms with E-state index in [9.17, 15) is 14.4 Å². The summed E-state index contributed by atoms with van der Waals surface area (Å²) in [5, 5.41) is 2.40. The first kappa shape index (κ1) is 23.0. The number of rotatable bonds is 4. The van der Waals surface area contributed by atoms with Crippen LogP contribution in [-0.2, 0) is 6.54 Å². The van der Waals surface area contributed by atoms with Gasteiger partial charge in [-0.25, -0.2) is 4.79 Å². The number of urea groups is 1. The van der Waals surface area contributed by atoms with Gasteiger partial charge in [-0.15, -0.1) is 0 Å². The lowest BCUT2D eigenvalue weighted by Crippen LogP contribution is -2.40. The normalized spacial score (nSPS) is 23.2. The molecule has 1 aliphatic carbocycles. The zero-order valence-corrected chi connectivity index (χ0v) is 19.9. The fourth-order valence-electron chi connectivity index (χ4n) is 5.82. The SMILES string of the molecule is CN(Cc1ccc(C(=O)N2CC3(C)C[C@H]2CC(C)(C)C3)cc1)C(=O)NC(=O)c1ccccc1. The van der Waals surface area contributed by atoms with E-state index in [1.807, 2.05) is 30.3 Å². The Balaban J connectivity index is 1.36. The van der Waals surface area contributed by atoms with Gasteiger partial charge < -0.3 is 9.80 Å². The summed E-state index contributed by atoms with van der Waals surface area (Å²) in [4.78, 5) is 41.4. The number of likely N-dealkylation sites (tertiary alicyclic amines) is 1. The summed E-state index contributed by atoms with van der Waals surface area (Å²) in [7, 11) is 1.64. The Labute approximate surface area is 196 Å². The summed E-state index contributed by atoms with van der Waals surface area (Å²) in [6.07, 6.45) is 3.29. The van der Waals surface area contributed by atoms with Crippen LogP contribution in [0.4, 0.5) is 4.79 Å². The molecule has 2 bridgehead atoms. The van der Waals surface area contributed by atoms with E-state index in [-0.39, 0.29) is 16.7 Å². The molecule has 1 saturated carbocycles. The number of nitrogens with zero attached hydrogens (tertiary/aromatic N) is 2. The van der Waals surface area contributed by atoms with E-state index in [2.05, 4.69) is 31.0 Å². The third-order valence-electron chi connectivity index (χ3n) is 6.90. The van der Waals surface area contributed by atoms with Gasteiger partial charge >= 0.3 is 6.03 Å². The van der Waals surface area contributed by atoms with E-state index < -0.39 is 11.9 Å². The number of amides is 4. The molecule has 1 heterocycles. The molecule has 0 aromatic heterocycles. The zero-order valence-electron chi connectivity index (χ0n) is 19.9. The maximum atomic E-state index is 13.3. The molecular formula is C27H33N3O3. The van der Waals surface area contributed by atoms with Crippen molar-refractivity contribution in [1.82, 2.24) is 15.1 Å². The van der Waals surface area contributed by atoms with Gasteiger partial charge in [-0.1, -0.05) is 51.1 Å². The van der Waals surface area contributed by atoms with Crippen molar-refractivity contribution < 1.29 is 14.4 Å². The zero-order chi connectivity index (χ0) is 23.8. The van der Waals surface area contributed by atoms with E-state index in [1.54, 1.807) is 31.3 Å². The average Bonchev–Trinajstić information content (AvgIpc) is 3.02. The molecule has 2 aromatic carbocycles. The lowest BCUT2D eigenvalue weighted by atomic mass is 9.65. The summed E-state index contributed by atoms with van der Waals surface area (Å²) in [5.41, 5.74) is 2.48. The molecule has 1 aliphatic heterocycles. The van der Waals surface area contributed by atoms with Gasteiger partial charge in [-0.3, -0.25) is 14.9 Å². The molecule has 1 saturated heterocycles. The van der Waals surface area contributed by atoms with Crippen molar-refractivity contribution in [3.63, 3.8) is 0 Å². The van der Waals surface area contributed by atoms with Crippen LogP contribution in [-0.4, -0.2) is 47.3 Å². The van der Waals surface area contributed by atoms with Crippen LogP contribution in [0.1, 0.15) is 66.3 Å². The predicted molar refractivity (Wildman–Crippen MR) is 128 cm³/mol. The Morgan fingerprint density at radius 2 is 1.64 bits per heavy atom. The van der Waals surface area contributed by atoms with Crippen LogP contribution >= 0.6 is 0 Å². The lowest BCUT2D eigenvalue weighted by Gasteiger charge is -2.39. The van der Waals surface area contributed by atoms with Crippen LogP contribution in [0.5, 0.6) is 0 Å². The molecule has 4 amide bonds. The molecule has 174 valence electrons. The number of imide groups is 1. The molecule has 2 aliphatic rings. The first-order valence-corrected chi connectivity index (χ1v) is 11.6. The Bertz CT molecular complexity index is 1050. The fourth-order valence-corrected chi connectivity index (χ4v) is 5.82. The highest BCUT2D eigenvalue weighted by Crippen LogP contribution is 2.52. The average molecular weight is 448 g/mol. The van der Waals surface area contributed by atoms with Crippen molar-refractivity contribution in [3.8, 4) is 0 Å². The van der Waals surface area contributed by atoms with Crippen LogP contribution in [0.2, 0.25) is 0 Å². The van der Waals surface area contributed by atoms with Crippen LogP contribution < -0.4 is 5.32 Å². The van der Waals surface area contributed by atoms with Crippen molar-refractivity contribution in [2.75, 3.05) is 13.6 Å². The van der Waals surface area contributed by atoms with E-state index in [0.29, 0.717) is 23.7 Å². The summed E-state index contributed by atoms with van der Waals surface area (Å²) >= 11 is 0. The molecule has 1 unspecified atom stereocenters. The standard InChI is InChI=1S/C27H33N3O3/c1-26(2)14-22-15-27(3,17-26)18-30(22)24(32)21-12-10-19(11-13-21)16-29(4)25(33)28-23(31)20-8-6-5-7-9-20/h5-13,22H,14-18H2,1-4H3,(H,28,31,33)/t22-,27?/m1/s1. The van der Waals surface area contributed by atoms with Crippen molar-refractivity contribution in [2.45, 2.75) is 52.6 Å². The molecule has 2 aromatic rings. The minimum absolute atomic E-state index is 0.0903. The molecule has 6 nitrogen and oxygen atoms in total. The summed E-state index contributed by atoms with van der Waals surface area (Å²) in [6.45, 7) is 8.07. The minimum Gasteiger partial charge on any atom is -0.335 e. The Hall–Kier alpha value is -3.15. The van der Waals surface area contributed by atoms with Crippen molar-refractivity contribution in [1.29, 1.82) is 0 Å². The van der Waals surface area contributed by atoms with Gasteiger partial charge in [0.2, 0.25) is 0 Å².